The first-order valence-corrected chi connectivity index (χ1v) is 12.6. The minimum Gasteiger partial charge on any atom is -0.467 e. The van der Waals surface area contributed by atoms with Crippen molar-refractivity contribution in [1.82, 2.24) is 10.2 Å². The summed E-state index contributed by atoms with van der Waals surface area (Å²) in [5.74, 6) is 0.106. The number of aryl methyl sites for hydroxylation is 1. The Labute approximate surface area is 199 Å². The van der Waals surface area contributed by atoms with Crippen molar-refractivity contribution < 1.29 is 22.4 Å². The van der Waals surface area contributed by atoms with E-state index < -0.39 is 10.0 Å². The number of carbonyl (C=O) groups excluding carboxylic acids is 2. The minimum absolute atomic E-state index is 0.102. The second kappa shape index (κ2) is 10.1. The zero-order valence-electron chi connectivity index (χ0n) is 18.9. The van der Waals surface area contributed by atoms with Crippen LogP contribution in [0, 0.1) is 12.8 Å². The number of carbonyl (C=O) groups is 2. The van der Waals surface area contributed by atoms with Crippen LogP contribution in [0.15, 0.2) is 76.2 Å². The third-order valence-corrected chi connectivity index (χ3v) is 7.21. The normalized spacial score (nSPS) is 16.1. The second-order valence-corrected chi connectivity index (χ2v) is 10.1. The van der Waals surface area contributed by atoms with Crippen LogP contribution in [0.25, 0.3) is 0 Å². The summed E-state index contributed by atoms with van der Waals surface area (Å²) in [4.78, 5) is 27.4. The first-order chi connectivity index (χ1) is 16.3. The van der Waals surface area contributed by atoms with Crippen LogP contribution in [-0.2, 0) is 21.4 Å². The van der Waals surface area contributed by atoms with E-state index in [1.807, 2.05) is 6.92 Å². The van der Waals surface area contributed by atoms with Crippen LogP contribution >= 0.6 is 0 Å². The Morgan fingerprint density at radius 2 is 1.79 bits per heavy atom. The Morgan fingerprint density at radius 3 is 2.47 bits per heavy atom. The van der Waals surface area contributed by atoms with Gasteiger partial charge in [-0.1, -0.05) is 17.7 Å². The number of amides is 2. The quantitative estimate of drug-likeness (QED) is 0.536. The number of furan rings is 1. The molecular formula is C25H27N3O5S. The molecule has 1 aromatic heterocycles. The number of rotatable bonds is 7. The lowest BCUT2D eigenvalue weighted by molar-refractivity contribution is -0.126. The number of anilines is 1. The monoisotopic (exact) mass is 481 g/mol. The van der Waals surface area contributed by atoms with Gasteiger partial charge in [-0.3, -0.25) is 14.3 Å². The number of hydrogen-bond donors (Lipinski definition) is 2. The molecule has 0 saturated carbocycles. The molecule has 2 heterocycles. The van der Waals surface area contributed by atoms with Crippen LogP contribution in [0.2, 0.25) is 0 Å². The number of nitrogens with one attached hydrogen (secondary N) is 2. The number of benzene rings is 2. The Morgan fingerprint density at radius 1 is 1.06 bits per heavy atom. The molecule has 1 fully saturated rings. The Kier molecular flexibility index (Phi) is 7.02. The van der Waals surface area contributed by atoms with Crippen molar-refractivity contribution in [3.8, 4) is 0 Å². The van der Waals surface area contributed by atoms with Crippen LogP contribution in [0.1, 0.15) is 34.5 Å². The second-order valence-electron chi connectivity index (χ2n) is 8.38. The van der Waals surface area contributed by atoms with Crippen molar-refractivity contribution >= 4 is 27.5 Å². The molecule has 2 aromatic carbocycles. The van der Waals surface area contributed by atoms with Gasteiger partial charge in [-0.15, -0.1) is 0 Å². The fourth-order valence-electron chi connectivity index (χ4n) is 3.90. The number of sulfonamides is 1. The SMILES string of the molecule is Cc1ccc(S(=O)(=O)Nc2ccc(C(=O)N3CCC[C@@H](C(=O)NCc4ccco4)C3)cc2)cc1. The van der Waals surface area contributed by atoms with Gasteiger partial charge < -0.3 is 14.6 Å². The van der Waals surface area contributed by atoms with Gasteiger partial charge in [0.2, 0.25) is 5.91 Å². The molecule has 8 nitrogen and oxygen atoms in total. The summed E-state index contributed by atoms with van der Waals surface area (Å²) in [7, 11) is -3.72. The molecule has 2 N–H and O–H groups in total. The van der Waals surface area contributed by atoms with Crippen LogP contribution in [0.4, 0.5) is 5.69 Å². The van der Waals surface area contributed by atoms with E-state index in [9.17, 15) is 18.0 Å². The summed E-state index contributed by atoms with van der Waals surface area (Å²) in [5.41, 5.74) is 1.78. The van der Waals surface area contributed by atoms with Gasteiger partial charge in [0, 0.05) is 24.3 Å². The molecule has 1 atom stereocenters. The molecule has 0 aliphatic carbocycles. The van der Waals surface area contributed by atoms with E-state index in [2.05, 4.69) is 10.0 Å². The number of nitrogens with zero attached hydrogens (tertiary/aromatic N) is 1. The maximum atomic E-state index is 13.0. The largest absolute Gasteiger partial charge is 0.467 e. The lowest BCUT2D eigenvalue weighted by atomic mass is 9.96. The van der Waals surface area contributed by atoms with Gasteiger partial charge in [0.25, 0.3) is 15.9 Å². The van der Waals surface area contributed by atoms with E-state index in [1.54, 1.807) is 71.8 Å². The molecule has 1 saturated heterocycles. The van der Waals surface area contributed by atoms with E-state index in [0.717, 1.165) is 12.0 Å². The first-order valence-electron chi connectivity index (χ1n) is 11.1. The number of piperidine rings is 1. The standard InChI is InChI=1S/C25H27N3O5S/c1-18-6-12-23(13-7-18)34(31,32)27-21-10-8-19(9-11-21)25(30)28-14-2-4-20(17-28)24(29)26-16-22-5-3-15-33-22/h3,5-13,15,20,27H,2,4,14,16-17H2,1H3,(H,26,29)/t20-/m1/s1. The maximum Gasteiger partial charge on any atom is 0.261 e. The van der Waals surface area contributed by atoms with Crippen LogP contribution in [-0.4, -0.2) is 38.2 Å². The summed E-state index contributed by atoms with van der Waals surface area (Å²) in [6.45, 7) is 3.11. The summed E-state index contributed by atoms with van der Waals surface area (Å²) >= 11 is 0. The lowest BCUT2D eigenvalue weighted by Crippen LogP contribution is -2.45. The molecule has 34 heavy (non-hydrogen) atoms. The molecule has 9 heteroatoms. The predicted molar refractivity (Wildman–Crippen MR) is 128 cm³/mol. The van der Waals surface area contributed by atoms with E-state index in [4.69, 9.17) is 4.42 Å². The average Bonchev–Trinajstić information content (AvgIpc) is 3.36. The maximum absolute atomic E-state index is 13.0. The zero-order chi connectivity index (χ0) is 24.1. The predicted octanol–water partition coefficient (Wildman–Crippen LogP) is 3.56. The third-order valence-electron chi connectivity index (χ3n) is 5.81. The van der Waals surface area contributed by atoms with Crippen LogP contribution in [0.5, 0.6) is 0 Å². The molecule has 1 aliphatic heterocycles. The van der Waals surface area contributed by atoms with Gasteiger partial charge >= 0.3 is 0 Å². The van der Waals surface area contributed by atoms with Gasteiger partial charge in [-0.25, -0.2) is 8.42 Å². The highest BCUT2D eigenvalue weighted by atomic mass is 32.2. The molecule has 3 aromatic rings. The molecule has 0 spiro atoms. The topological polar surface area (TPSA) is 109 Å². The fourth-order valence-corrected chi connectivity index (χ4v) is 4.96. The fraction of sp³-hybridized carbons (Fsp3) is 0.280. The van der Waals surface area contributed by atoms with E-state index in [0.29, 0.717) is 43.1 Å². The molecule has 0 unspecified atom stereocenters. The molecule has 178 valence electrons. The van der Waals surface area contributed by atoms with E-state index in [1.165, 1.54) is 0 Å². The smallest absolute Gasteiger partial charge is 0.261 e. The van der Waals surface area contributed by atoms with Gasteiger partial charge in [-0.2, -0.15) is 0 Å². The third kappa shape index (κ3) is 5.66. The van der Waals surface area contributed by atoms with Crippen LogP contribution in [0.3, 0.4) is 0 Å². The summed E-state index contributed by atoms with van der Waals surface area (Å²) < 4.78 is 32.9. The van der Waals surface area contributed by atoms with Crippen molar-refractivity contribution in [3.05, 3.63) is 83.8 Å². The summed E-state index contributed by atoms with van der Waals surface area (Å²) in [5, 5.41) is 2.86. The van der Waals surface area contributed by atoms with Crippen LogP contribution < -0.4 is 10.0 Å². The Hall–Kier alpha value is -3.59. The number of hydrogen-bond acceptors (Lipinski definition) is 5. The summed E-state index contributed by atoms with van der Waals surface area (Å²) in [6, 6.07) is 16.4. The molecule has 1 aliphatic rings. The molecule has 4 rings (SSSR count). The zero-order valence-corrected chi connectivity index (χ0v) is 19.7. The highest BCUT2D eigenvalue weighted by Gasteiger charge is 2.29. The van der Waals surface area contributed by atoms with Crippen molar-refractivity contribution in [1.29, 1.82) is 0 Å². The van der Waals surface area contributed by atoms with Gasteiger partial charge in [0.05, 0.1) is 23.6 Å². The van der Waals surface area contributed by atoms with Gasteiger partial charge in [0.1, 0.15) is 5.76 Å². The molecular weight excluding hydrogens is 454 g/mol. The van der Waals surface area contributed by atoms with Gasteiger partial charge in [-0.05, 0) is 68.3 Å². The van der Waals surface area contributed by atoms with Crippen molar-refractivity contribution in [2.75, 3.05) is 17.8 Å². The Bertz CT molecular complexity index is 1240. The summed E-state index contributed by atoms with van der Waals surface area (Å²) in [6.07, 6.45) is 3.01. The molecule has 0 bridgehead atoms. The number of likely N-dealkylation sites (tertiary alicyclic amines) is 1. The molecule has 0 radical (unpaired) electrons. The van der Waals surface area contributed by atoms with Crippen molar-refractivity contribution in [2.45, 2.75) is 31.2 Å². The minimum atomic E-state index is -3.72. The van der Waals surface area contributed by atoms with E-state index >= 15 is 0 Å². The van der Waals surface area contributed by atoms with Gasteiger partial charge in [0.15, 0.2) is 0 Å². The highest BCUT2D eigenvalue weighted by molar-refractivity contribution is 7.92. The van der Waals surface area contributed by atoms with E-state index in [-0.39, 0.29) is 22.6 Å². The average molecular weight is 482 g/mol. The molecule has 2 amide bonds. The Balaban J connectivity index is 1.36. The van der Waals surface area contributed by atoms with Crippen molar-refractivity contribution in [3.63, 3.8) is 0 Å². The lowest BCUT2D eigenvalue weighted by Gasteiger charge is -2.32. The highest BCUT2D eigenvalue weighted by Crippen LogP contribution is 2.21. The first kappa shape index (κ1) is 23.6. The van der Waals surface area contributed by atoms with Crippen molar-refractivity contribution in [2.24, 2.45) is 5.92 Å².